The molecule has 0 aliphatic heterocycles. The van der Waals surface area contributed by atoms with Gasteiger partial charge >= 0.3 is 0 Å². The minimum atomic E-state index is -0.995. The van der Waals surface area contributed by atoms with Crippen LogP contribution in [-0.2, 0) is 0 Å². The van der Waals surface area contributed by atoms with Crippen molar-refractivity contribution < 1.29 is 13.9 Å². The molecular formula is C20H21F2N5O. The highest BCUT2D eigenvalue weighted by Crippen LogP contribution is 2.25. The van der Waals surface area contributed by atoms with Crippen LogP contribution in [0.25, 0.3) is 11.4 Å². The zero-order chi connectivity index (χ0) is 20.1. The third kappa shape index (κ3) is 4.58. The van der Waals surface area contributed by atoms with Crippen LogP contribution in [0.4, 0.5) is 26.2 Å². The fourth-order valence-corrected chi connectivity index (χ4v) is 2.55. The van der Waals surface area contributed by atoms with E-state index in [4.69, 9.17) is 0 Å². The first-order valence-corrected chi connectivity index (χ1v) is 8.87. The average Bonchev–Trinajstić information content (AvgIpc) is 2.70. The third-order valence-corrected chi connectivity index (χ3v) is 4.18. The molecule has 0 spiro atoms. The number of anilines is 3. The van der Waals surface area contributed by atoms with Crippen molar-refractivity contribution in [2.45, 2.75) is 19.9 Å². The summed E-state index contributed by atoms with van der Waals surface area (Å²) < 4.78 is 27.6. The second kappa shape index (κ2) is 8.71. The lowest BCUT2D eigenvalue weighted by atomic mass is 10.1. The normalized spacial score (nSPS) is 12.1. The molecule has 6 nitrogen and oxygen atoms in total. The van der Waals surface area contributed by atoms with Gasteiger partial charge in [0.2, 0.25) is 5.95 Å². The van der Waals surface area contributed by atoms with E-state index in [0.29, 0.717) is 11.4 Å². The van der Waals surface area contributed by atoms with Crippen LogP contribution in [0.3, 0.4) is 0 Å². The van der Waals surface area contributed by atoms with Crippen LogP contribution >= 0.6 is 0 Å². The standard InChI is InChI=1S/C20H21F2N5O/c1-12(2)17(11-28)26-20-25-16(14-7-3-4-9-23-14)10-18(27-20)24-15-8-5-6-13(21)19(15)22/h3-10,12,17,28H,11H2,1-2H3,(H2,24,25,26,27)/t17-/m0/s1. The molecule has 0 unspecified atom stereocenters. The molecule has 2 heterocycles. The number of pyridine rings is 1. The highest BCUT2D eigenvalue weighted by Gasteiger charge is 2.16. The largest absolute Gasteiger partial charge is 0.394 e. The highest BCUT2D eigenvalue weighted by molar-refractivity contribution is 5.65. The second-order valence-electron chi connectivity index (χ2n) is 6.58. The van der Waals surface area contributed by atoms with Crippen LogP contribution in [0.1, 0.15) is 13.8 Å². The van der Waals surface area contributed by atoms with Crippen molar-refractivity contribution >= 4 is 17.5 Å². The van der Waals surface area contributed by atoms with Crippen LogP contribution in [0.2, 0.25) is 0 Å². The smallest absolute Gasteiger partial charge is 0.225 e. The summed E-state index contributed by atoms with van der Waals surface area (Å²) in [5.41, 5.74) is 1.05. The van der Waals surface area contributed by atoms with Crippen LogP contribution < -0.4 is 10.6 Å². The fraction of sp³-hybridized carbons (Fsp3) is 0.250. The molecule has 0 saturated carbocycles. The van der Waals surface area contributed by atoms with E-state index in [-0.39, 0.29) is 36.0 Å². The van der Waals surface area contributed by atoms with E-state index in [1.807, 2.05) is 19.9 Å². The molecule has 1 atom stereocenters. The first-order chi connectivity index (χ1) is 13.5. The molecule has 3 aromatic rings. The lowest BCUT2D eigenvalue weighted by molar-refractivity contribution is 0.248. The summed E-state index contributed by atoms with van der Waals surface area (Å²) in [5, 5.41) is 15.4. The summed E-state index contributed by atoms with van der Waals surface area (Å²) in [6.45, 7) is 3.81. The van der Waals surface area contributed by atoms with Gasteiger partial charge in [-0.15, -0.1) is 0 Å². The molecular weight excluding hydrogens is 364 g/mol. The minimum Gasteiger partial charge on any atom is -0.394 e. The number of halogens is 2. The number of aliphatic hydroxyl groups is 1. The van der Waals surface area contributed by atoms with Crippen molar-refractivity contribution in [1.29, 1.82) is 0 Å². The van der Waals surface area contributed by atoms with Gasteiger partial charge in [0, 0.05) is 12.3 Å². The maximum Gasteiger partial charge on any atom is 0.225 e. The number of nitrogens with one attached hydrogen (secondary N) is 2. The molecule has 1 aromatic carbocycles. The van der Waals surface area contributed by atoms with Gasteiger partial charge < -0.3 is 15.7 Å². The van der Waals surface area contributed by atoms with Gasteiger partial charge in [-0.25, -0.2) is 13.8 Å². The van der Waals surface area contributed by atoms with Crippen molar-refractivity contribution in [3.8, 4) is 11.4 Å². The van der Waals surface area contributed by atoms with Crippen molar-refractivity contribution in [3.05, 3.63) is 60.3 Å². The fourth-order valence-electron chi connectivity index (χ4n) is 2.55. The maximum absolute atomic E-state index is 14.0. The van der Waals surface area contributed by atoms with Gasteiger partial charge in [0.25, 0.3) is 0 Å². The summed E-state index contributed by atoms with van der Waals surface area (Å²) in [5.74, 6) is -1.31. The predicted molar refractivity (Wildman–Crippen MR) is 104 cm³/mol. The molecule has 0 amide bonds. The Hall–Kier alpha value is -3.13. The van der Waals surface area contributed by atoms with Gasteiger partial charge in [0.05, 0.1) is 29.7 Å². The van der Waals surface area contributed by atoms with Crippen molar-refractivity contribution in [2.24, 2.45) is 5.92 Å². The average molecular weight is 385 g/mol. The lowest BCUT2D eigenvalue weighted by Crippen LogP contribution is -2.30. The van der Waals surface area contributed by atoms with Crippen LogP contribution in [0, 0.1) is 17.6 Å². The first-order valence-electron chi connectivity index (χ1n) is 8.87. The molecule has 2 aromatic heterocycles. The zero-order valence-corrected chi connectivity index (χ0v) is 15.5. The van der Waals surface area contributed by atoms with E-state index in [9.17, 15) is 13.9 Å². The molecule has 0 fully saturated rings. The zero-order valence-electron chi connectivity index (χ0n) is 15.5. The Bertz CT molecular complexity index is 937. The number of hydrogen-bond acceptors (Lipinski definition) is 6. The number of rotatable bonds is 7. The van der Waals surface area contributed by atoms with Crippen molar-refractivity contribution in [2.75, 3.05) is 17.2 Å². The Kier molecular flexibility index (Phi) is 6.10. The van der Waals surface area contributed by atoms with Crippen molar-refractivity contribution in [1.82, 2.24) is 15.0 Å². The summed E-state index contributed by atoms with van der Waals surface area (Å²) >= 11 is 0. The maximum atomic E-state index is 14.0. The molecule has 3 N–H and O–H groups in total. The Morgan fingerprint density at radius 1 is 1.04 bits per heavy atom. The van der Waals surface area contributed by atoms with Crippen LogP contribution in [0.15, 0.2) is 48.7 Å². The minimum absolute atomic E-state index is 0.0424. The second-order valence-corrected chi connectivity index (χ2v) is 6.58. The molecule has 0 aliphatic carbocycles. The Labute approximate surface area is 161 Å². The van der Waals surface area contributed by atoms with Gasteiger partial charge in [-0.1, -0.05) is 26.0 Å². The quantitative estimate of drug-likeness (QED) is 0.570. The SMILES string of the molecule is CC(C)[C@H](CO)Nc1nc(Nc2cccc(F)c2F)cc(-c2ccccn2)n1. The predicted octanol–water partition coefficient (Wildman–Crippen LogP) is 3.99. The number of aromatic nitrogens is 3. The first kappa shape index (κ1) is 19.6. The summed E-state index contributed by atoms with van der Waals surface area (Å²) in [6.07, 6.45) is 1.63. The van der Waals surface area contributed by atoms with Gasteiger partial charge in [-0.2, -0.15) is 4.98 Å². The number of aliphatic hydroxyl groups excluding tert-OH is 1. The van der Waals surface area contributed by atoms with E-state index >= 15 is 0 Å². The Balaban J connectivity index is 2.00. The van der Waals surface area contributed by atoms with Gasteiger partial charge in [0.1, 0.15) is 5.82 Å². The summed E-state index contributed by atoms with van der Waals surface area (Å²) in [4.78, 5) is 13.1. The van der Waals surface area contributed by atoms with E-state index in [1.54, 1.807) is 24.4 Å². The van der Waals surface area contributed by atoms with E-state index in [0.717, 1.165) is 6.07 Å². The molecule has 146 valence electrons. The van der Waals surface area contributed by atoms with Gasteiger partial charge in [-0.3, -0.25) is 4.98 Å². The Morgan fingerprint density at radius 2 is 1.86 bits per heavy atom. The molecule has 0 saturated heterocycles. The lowest BCUT2D eigenvalue weighted by Gasteiger charge is -2.20. The highest BCUT2D eigenvalue weighted by atomic mass is 19.2. The monoisotopic (exact) mass is 385 g/mol. The van der Waals surface area contributed by atoms with Gasteiger partial charge in [-0.05, 0) is 30.2 Å². The van der Waals surface area contributed by atoms with E-state index in [1.165, 1.54) is 12.1 Å². The number of nitrogens with zero attached hydrogens (tertiary/aromatic N) is 3. The topological polar surface area (TPSA) is 83.0 Å². The molecule has 0 radical (unpaired) electrons. The van der Waals surface area contributed by atoms with Crippen LogP contribution in [0.5, 0.6) is 0 Å². The van der Waals surface area contributed by atoms with E-state index < -0.39 is 11.6 Å². The summed E-state index contributed by atoms with van der Waals surface area (Å²) in [6, 6.07) is 10.6. The molecule has 8 heteroatoms. The van der Waals surface area contributed by atoms with E-state index in [2.05, 4.69) is 25.6 Å². The molecule has 0 bridgehead atoms. The molecule has 0 aliphatic rings. The summed E-state index contributed by atoms with van der Waals surface area (Å²) in [7, 11) is 0. The molecule has 28 heavy (non-hydrogen) atoms. The molecule has 3 rings (SSSR count). The van der Waals surface area contributed by atoms with Crippen LogP contribution in [-0.4, -0.2) is 32.7 Å². The van der Waals surface area contributed by atoms with Gasteiger partial charge in [0.15, 0.2) is 11.6 Å². The Morgan fingerprint density at radius 3 is 2.54 bits per heavy atom. The van der Waals surface area contributed by atoms with Crippen molar-refractivity contribution in [3.63, 3.8) is 0 Å². The number of benzene rings is 1. The number of hydrogen-bond donors (Lipinski definition) is 3. The third-order valence-electron chi connectivity index (χ3n) is 4.18.